The van der Waals surface area contributed by atoms with Crippen molar-refractivity contribution in [2.24, 2.45) is 0 Å². The summed E-state index contributed by atoms with van der Waals surface area (Å²) in [6, 6.07) is 11.1. The fourth-order valence-electron chi connectivity index (χ4n) is 3.05. The second-order valence-electron chi connectivity index (χ2n) is 6.87. The number of carbonyl (C=O) groups is 1. The summed E-state index contributed by atoms with van der Waals surface area (Å²) >= 11 is 0. The molecule has 0 bridgehead atoms. The molecular formula is C21H27N3O3. The van der Waals surface area contributed by atoms with E-state index >= 15 is 0 Å². The highest BCUT2D eigenvalue weighted by Crippen LogP contribution is 2.20. The molecule has 1 atom stereocenters. The first-order chi connectivity index (χ1) is 13.2. The minimum atomic E-state index is -0.0589. The molecule has 2 heterocycles. The zero-order valence-corrected chi connectivity index (χ0v) is 16.1. The van der Waals surface area contributed by atoms with Crippen molar-refractivity contribution in [2.75, 3.05) is 19.7 Å². The standard InChI is InChI=1S/C21H27N3O3/c1-3-4-14-26-18-10-8-17(9-11-18)21(25)24-13-5-6-19(15-24)27-20-12-7-16(2)22-23-20/h7-12,19H,3-6,13-15H2,1-2H3. The molecule has 3 rings (SSSR count). The van der Waals surface area contributed by atoms with E-state index < -0.39 is 0 Å². The Morgan fingerprint density at radius 3 is 2.70 bits per heavy atom. The van der Waals surface area contributed by atoms with E-state index in [0.29, 0.717) is 24.6 Å². The van der Waals surface area contributed by atoms with Gasteiger partial charge in [-0.25, -0.2) is 0 Å². The number of ether oxygens (including phenoxy) is 2. The highest BCUT2D eigenvalue weighted by molar-refractivity contribution is 5.94. The molecule has 6 nitrogen and oxygen atoms in total. The van der Waals surface area contributed by atoms with Gasteiger partial charge in [0.25, 0.3) is 5.91 Å². The highest BCUT2D eigenvalue weighted by Gasteiger charge is 2.26. The van der Waals surface area contributed by atoms with E-state index in [1.165, 1.54) is 0 Å². The van der Waals surface area contributed by atoms with Crippen molar-refractivity contribution in [3.8, 4) is 11.6 Å². The Morgan fingerprint density at radius 1 is 1.19 bits per heavy atom. The van der Waals surface area contributed by atoms with E-state index in [4.69, 9.17) is 9.47 Å². The summed E-state index contributed by atoms with van der Waals surface area (Å²) in [6.07, 6.45) is 3.89. The topological polar surface area (TPSA) is 64.5 Å². The molecule has 27 heavy (non-hydrogen) atoms. The predicted octanol–water partition coefficient (Wildman–Crippen LogP) is 3.65. The van der Waals surface area contributed by atoms with Gasteiger partial charge in [-0.2, -0.15) is 5.10 Å². The summed E-state index contributed by atoms with van der Waals surface area (Å²) < 4.78 is 11.6. The van der Waals surface area contributed by atoms with Gasteiger partial charge < -0.3 is 14.4 Å². The lowest BCUT2D eigenvalue weighted by molar-refractivity contribution is 0.0525. The number of carbonyl (C=O) groups excluding carboxylic acids is 1. The van der Waals surface area contributed by atoms with E-state index in [-0.39, 0.29) is 12.0 Å². The first-order valence-corrected chi connectivity index (χ1v) is 9.65. The van der Waals surface area contributed by atoms with Crippen molar-refractivity contribution in [2.45, 2.75) is 45.6 Å². The Labute approximate surface area is 160 Å². The third-order valence-electron chi connectivity index (χ3n) is 4.59. The molecule has 0 spiro atoms. The molecule has 0 aliphatic carbocycles. The Kier molecular flexibility index (Phi) is 6.63. The van der Waals surface area contributed by atoms with Crippen molar-refractivity contribution in [1.29, 1.82) is 0 Å². The van der Waals surface area contributed by atoms with E-state index in [1.807, 2.05) is 48.2 Å². The first-order valence-electron chi connectivity index (χ1n) is 9.65. The van der Waals surface area contributed by atoms with Gasteiger partial charge in [0, 0.05) is 18.2 Å². The molecule has 1 fully saturated rings. The lowest BCUT2D eigenvalue weighted by Gasteiger charge is -2.32. The molecule has 1 aliphatic heterocycles. The largest absolute Gasteiger partial charge is 0.494 e. The molecule has 1 aromatic heterocycles. The Balaban J connectivity index is 1.56. The average molecular weight is 369 g/mol. The van der Waals surface area contributed by atoms with Gasteiger partial charge >= 0.3 is 0 Å². The third-order valence-corrected chi connectivity index (χ3v) is 4.59. The summed E-state index contributed by atoms with van der Waals surface area (Å²) in [5.41, 5.74) is 1.53. The molecular weight excluding hydrogens is 342 g/mol. The van der Waals surface area contributed by atoms with Crippen LogP contribution in [0.3, 0.4) is 0 Å². The van der Waals surface area contributed by atoms with Crippen molar-refractivity contribution >= 4 is 5.91 Å². The maximum Gasteiger partial charge on any atom is 0.253 e. The van der Waals surface area contributed by atoms with E-state index in [0.717, 1.165) is 43.7 Å². The number of unbranched alkanes of at least 4 members (excludes halogenated alkanes) is 1. The van der Waals surface area contributed by atoms with Crippen LogP contribution in [0, 0.1) is 6.92 Å². The van der Waals surface area contributed by atoms with Gasteiger partial charge in [-0.1, -0.05) is 13.3 Å². The Hall–Kier alpha value is -2.63. The van der Waals surface area contributed by atoms with Gasteiger partial charge in [0.1, 0.15) is 11.9 Å². The number of amides is 1. The van der Waals surface area contributed by atoms with Crippen molar-refractivity contribution < 1.29 is 14.3 Å². The van der Waals surface area contributed by atoms with Gasteiger partial charge in [0.15, 0.2) is 0 Å². The molecule has 0 N–H and O–H groups in total. The molecule has 144 valence electrons. The van der Waals surface area contributed by atoms with Gasteiger partial charge in [-0.05, 0) is 56.5 Å². The SMILES string of the molecule is CCCCOc1ccc(C(=O)N2CCCC(Oc3ccc(C)nn3)C2)cc1. The molecule has 0 radical (unpaired) electrons. The minimum absolute atomic E-state index is 0.0263. The molecule has 2 aromatic rings. The molecule has 6 heteroatoms. The number of rotatable bonds is 7. The monoisotopic (exact) mass is 369 g/mol. The summed E-state index contributed by atoms with van der Waals surface area (Å²) in [5, 5.41) is 8.06. The van der Waals surface area contributed by atoms with Crippen LogP contribution in [0.2, 0.25) is 0 Å². The molecule has 1 saturated heterocycles. The second kappa shape index (κ2) is 9.35. The number of benzene rings is 1. The molecule has 0 saturated carbocycles. The van der Waals surface area contributed by atoms with Crippen LogP contribution < -0.4 is 9.47 Å². The zero-order valence-electron chi connectivity index (χ0n) is 16.1. The van der Waals surface area contributed by atoms with Crippen LogP contribution in [-0.2, 0) is 0 Å². The van der Waals surface area contributed by atoms with Gasteiger partial charge in [0.05, 0.1) is 18.8 Å². The Morgan fingerprint density at radius 2 is 2.00 bits per heavy atom. The van der Waals surface area contributed by atoms with Gasteiger partial charge in [-0.3, -0.25) is 4.79 Å². The summed E-state index contributed by atoms with van der Waals surface area (Å²) in [4.78, 5) is 14.7. The summed E-state index contributed by atoms with van der Waals surface area (Å²) in [7, 11) is 0. The first kappa shape index (κ1) is 19.1. The van der Waals surface area contributed by atoms with Gasteiger partial charge in [0.2, 0.25) is 5.88 Å². The fraction of sp³-hybridized carbons (Fsp3) is 0.476. The zero-order chi connectivity index (χ0) is 19.1. The van der Waals surface area contributed by atoms with E-state index in [2.05, 4.69) is 17.1 Å². The number of aryl methyl sites for hydroxylation is 1. The number of hydrogen-bond donors (Lipinski definition) is 0. The summed E-state index contributed by atoms with van der Waals surface area (Å²) in [5.74, 6) is 1.34. The molecule has 1 amide bonds. The average Bonchev–Trinajstić information content (AvgIpc) is 2.70. The molecule has 1 aliphatic rings. The van der Waals surface area contributed by atoms with E-state index in [9.17, 15) is 4.79 Å². The minimum Gasteiger partial charge on any atom is -0.494 e. The highest BCUT2D eigenvalue weighted by atomic mass is 16.5. The number of aromatic nitrogens is 2. The fourth-order valence-corrected chi connectivity index (χ4v) is 3.05. The van der Waals surface area contributed by atoms with E-state index in [1.54, 1.807) is 0 Å². The Bertz CT molecular complexity index is 731. The van der Waals surface area contributed by atoms with Crippen LogP contribution in [-0.4, -0.2) is 46.8 Å². The normalized spacial score (nSPS) is 16.8. The predicted molar refractivity (Wildman–Crippen MR) is 103 cm³/mol. The lowest BCUT2D eigenvalue weighted by Crippen LogP contribution is -2.44. The van der Waals surface area contributed by atoms with Crippen LogP contribution in [0.1, 0.15) is 48.7 Å². The van der Waals surface area contributed by atoms with Crippen LogP contribution in [0.15, 0.2) is 36.4 Å². The maximum absolute atomic E-state index is 12.8. The number of piperidine rings is 1. The van der Waals surface area contributed by atoms with Gasteiger partial charge in [-0.15, -0.1) is 5.10 Å². The van der Waals surface area contributed by atoms with Crippen LogP contribution in [0.25, 0.3) is 0 Å². The number of likely N-dealkylation sites (tertiary alicyclic amines) is 1. The third kappa shape index (κ3) is 5.42. The smallest absolute Gasteiger partial charge is 0.253 e. The van der Waals surface area contributed by atoms with Crippen LogP contribution in [0.5, 0.6) is 11.6 Å². The second-order valence-corrected chi connectivity index (χ2v) is 6.87. The van der Waals surface area contributed by atoms with Crippen LogP contribution in [0.4, 0.5) is 0 Å². The molecule has 1 aromatic carbocycles. The number of nitrogens with zero attached hydrogens (tertiary/aromatic N) is 3. The van der Waals surface area contributed by atoms with Crippen molar-refractivity contribution in [1.82, 2.24) is 15.1 Å². The van der Waals surface area contributed by atoms with Crippen molar-refractivity contribution in [3.63, 3.8) is 0 Å². The lowest BCUT2D eigenvalue weighted by atomic mass is 10.1. The van der Waals surface area contributed by atoms with Crippen molar-refractivity contribution in [3.05, 3.63) is 47.7 Å². The van der Waals surface area contributed by atoms with Crippen LogP contribution >= 0.6 is 0 Å². The number of hydrogen-bond acceptors (Lipinski definition) is 5. The quantitative estimate of drug-likeness (QED) is 0.697. The summed E-state index contributed by atoms with van der Waals surface area (Å²) in [6.45, 7) is 6.02. The maximum atomic E-state index is 12.8. The molecule has 1 unspecified atom stereocenters.